The smallest absolute Gasteiger partial charge is 0.267 e. The number of benzene rings is 2. The van der Waals surface area contributed by atoms with Gasteiger partial charge in [0, 0.05) is 24.7 Å². The van der Waals surface area contributed by atoms with Gasteiger partial charge in [0.1, 0.15) is 0 Å². The number of amides is 1. The molecule has 8 heteroatoms. The van der Waals surface area contributed by atoms with Crippen molar-refractivity contribution in [3.05, 3.63) is 69.8 Å². The quantitative estimate of drug-likeness (QED) is 0.490. The van der Waals surface area contributed by atoms with Gasteiger partial charge >= 0.3 is 0 Å². The molecule has 1 amide bonds. The maximum absolute atomic E-state index is 12.1. The highest BCUT2D eigenvalue weighted by Crippen LogP contribution is 2.16. The van der Waals surface area contributed by atoms with E-state index < -0.39 is 10.8 Å². The van der Waals surface area contributed by atoms with Gasteiger partial charge in [0.15, 0.2) is 0 Å². The highest BCUT2D eigenvalue weighted by atomic mass is 16.6. The Morgan fingerprint density at radius 3 is 2.30 bits per heavy atom. The van der Waals surface area contributed by atoms with Crippen LogP contribution in [0.15, 0.2) is 58.9 Å². The Balaban J connectivity index is 2.08. The molecule has 0 atom stereocenters. The minimum atomic E-state index is -0.539. The van der Waals surface area contributed by atoms with Crippen LogP contribution in [0.25, 0.3) is 0 Å². The maximum atomic E-state index is 12.1. The second-order valence-electron chi connectivity index (χ2n) is 4.48. The van der Waals surface area contributed by atoms with Gasteiger partial charge in [-0.05, 0) is 36.4 Å². The molecule has 114 valence electrons. The normalized spacial score (nSPS) is 10.3. The summed E-state index contributed by atoms with van der Waals surface area (Å²) in [5.74, 6) is -0.447. The molecule has 0 aliphatic rings. The van der Waals surface area contributed by atoms with E-state index in [2.05, 4.69) is 10.3 Å². The lowest BCUT2D eigenvalue weighted by Gasteiger charge is -2.09. The van der Waals surface area contributed by atoms with Gasteiger partial charge in [-0.1, -0.05) is 5.22 Å². The van der Waals surface area contributed by atoms with Crippen LogP contribution < -0.4 is 0 Å². The van der Waals surface area contributed by atoms with Gasteiger partial charge in [0.05, 0.1) is 22.2 Å². The van der Waals surface area contributed by atoms with E-state index in [-0.39, 0.29) is 11.3 Å². The number of non-ortho nitro benzene ring substituents is 1. The van der Waals surface area contributed by atoms with Crippen molar-refractivity contribution >= 4 is 17.3 Å². The van der Waals surface area contributed by atoms with Gasteiger partial charge in [0.2, 0.25) is 0 Å². The molecule has 0 aliphatic carbocycles. The van der Waals surface area contributed by atoms with E-state index in [1.54, 1.807) is 24.3 Å². The zero-order valence-corrected chi connectivity index (χ0v) is 12.1. The number of nitro groups is 1. The molecule has 0 radical (unpaired) electrons. The molecule has 0 spiro atoms. The third-order valence-corrected chi connectivity index (χ3v) is 2.91. The molecule has 0 unspecified atom stereocenters. The van der Waals surface area contributed by atoms with E-state index in [0.29, 0.717) is 11.3 Å². The van der Waals surface area contributed by atoms with Crippen LogP contribution in [-0.2, 0) is 0 Å². The van der Waals surface area contributed by atoms with Crippen LogP contribution in [0.1, 0.15) is 15.9 Å². The first kappa shape index (κ1) is 15.8. The third kappa shape index (κ3) is 3.95. The zero-order chi connectivity index (χ0) is 16.8. The first-order valence-electron chi connectivity index (χ1n) is 6.45. The number of rotatable bonds is 4. The number of carbonyl (C=O) groups is 1. The van der Waals surface area contributed by atoms with E-state index in [9.17, 15) is 14.9 Å². The molecule has 0 aromatic heterocycles. The molecular weight excluding hydrogens is 298 g/mol. The van der Waals surface area contributed by atoms with Crippen molar-refractivity contribution in [3.63, 3.8) is 0 Å². The van der Waals surface area contributed by atoms with Gasteiger partial charge in [-0.25, -0.2) is 5.01 Å². The summed E-state index contributed by atoms with van der Waals surface area (Å²) in [6.07, 6.45) is 0. The van der Waals surface area contributed by atoms with Crippen molar-refractivity contribution < 1.29 is 9.72 Å². The average molecular weight is 309 g/mol. The summed E-state index contributed by atoms with van der Waals surface area (Å²) < 4.78 is 0. The number of hydrogen-bond donors (Lipinski definition) is 0. The van der Waals surface area contributed by atoms with E-state index in [1.807, 2.05) is 6.07 Å². The second kappa shape index (κ2) is 6.91. The fourth-order valence-electron chi connectivity index (χ4n) is 1.67. The lowest BCUT2D eigenvalue weighted by atomic mass is 10.2. The van der Waals surface area contributed by atoms with Crippen LogP contribution in [0, 0.1) is 21.4 Å². The Hall–Kier alpha value is -3.60. The fraction of sp³-hybridized carbons (Fsp3) is 0.0667. The van der Waals surface area contributed by atoms with Crippen molar-refractivity contribution in [1.29, 1.82) is 5.26 Å². The molecule has 0 fully saturated rings. The Bertz CT molecular complexity index is 791. The predicted octanol–water partition coefficient (Wildman–Crippen LogP) is 3.24. The molecule has 0 aliphatic heterocycles. The summed E-state index contributed by atoms with van der Waals surface area (Å²) in [5, 5.41) is 28.0. The molecule has 8 nitrogen and oxygen atoms in total. The fourth-order valence-corrected chi connectivity index (χ4v) is 1.67. The third-order valence-electron chi connectivity index (χ3n) is 2.91. The number of nitriles is 1. The molecular formula is C15H11N5O3. The molecule has 2 aromatic carbocycles. The Morgan fingerprint density at radius 2 is 1.78 bits per heavy atom. The number of hydrogen-bond acceptors (Lipinski definition) is 6. The molecule has 0 saturated heterocycles. The molecule has 0 N–H and O–H groups in total. The van der Waals surface area contributed by atoms with Crippen LogP contribution >= 0.6 is 0 Å². The molecule has 0 bridgehead atoms. The predicted molar refractivity (Wildman–Crippen MR) is 80.9 cm³/mol. The topological polar surface area (TPSA) is 112 Å². The zero-order valence-electron chi connectivity index (χ0n) is 12.1. The number of nitrogens with zero attached hydrogens (tertiary/aromatic N) is 5. The molecule has 0 heterocycles. The van der Waals surface area contributed by atoms with Gasteiger partial charge in [0.25, 0.3) is 11.6 Å². The largest absolute Gasteiger partial charge is 0.275 e. The van der Waals surface area contributed by atoms with Crippen molar-refractivity contribution in [2.45, 2.75) is 0 Å². The number of nitro benzene ring substituents is 1. The van der Waals surface area contributed by atoms with Crippen LogP contribution in [0.2, 0.25) is 0 Å². The van der Waals surface area contributed by atoms with E-state index in [1.165, 1.54) is 31.3 Å². The highest BCUT2D eigenvalue weighted by molar-refractivity contribution is 5.93. The summed E-state index contributed by atoms with van der Waals surface area (Å²) >= 11 is 0. The first-order chi connectivity index (χ1) is 11.0. The van der Waals surface area contributed by atoms with Crippen LogP contribution in [0.4, 0.5) is 11.4 Å². The number of carbonyl (C=O) groups excluding carboxylic acids is 1. The minimum absolute atomic E-state index is 0.0941. The lowest BCUT2D eigenvalue weighted by Crippen LogP contribution is -2.20. The van der Waals surface area contributed by atoms with Crippen LogP contribution in [0.5, 0.6) is 0 Å². The van der Waals surface area contributed by atoms with E-state index in [0.717, 1.165) is 5.01 Å². The SMILES string of the molecule is CN(N=Nc1ccc(C#N)cc1)C(=O)c1ccc([N+](=O)[O-])cc1. The Kier molecular flexibility index (Phi) is 4.74. The van der Waals surface area contributed by atoms with Crippen molar-refractivity contribution in [2.24, 2.45) is 10.3 Å². The molecule has 23 heavy (non-hydrogen) atoms. The lowest BCUT2D eigenvalue weighted by molar-refractivity contribution is -0.384. The summed E-state index contributed by atoms with van der Waals surface area (Å²) in [6, 6.07) is 13.6. The average Bonchev–Trinajstić information content (AvgIpc) is 2.59. The van der Waals surface area contributed by atoms with Crippen LogP contribution in [-0.4, -0.2) is 22.9 Å². The maximum Gasteiger partial charge on any atom is 0.275 e. The minimum Gasteiger partial charge on any atom is -0.267 e. The van der Waals surface area contributed by atoms with Gasteiger partial charge in [-0.15, -0.1) is 5.11 Å². The van der Waals surface area contributed by atoms with E-state index in [4.69, 9.17) is 5.26 Å². The summed E-state index contributed by atoms with van der Waals surface area (Å²) in [7, 11) is 1.43. The summed E-state index contributed by atoms with van der Waals surface area (Å²) in [5.41, 5.74) is 1.16. The van der Waals surface area contributed by atoms with E-state index >= 15 is 0 Å². The molecule has 0 saturated carbocycles. The van der Waals surface area contributed by atoms with Crippen molar-refractivity contribution in [3.8, 4) is 6.07 Å². The van der Waals surface area contributed by atoms with Crippen molar-refractivity contribution in [1.82, 2.24) is 5.01 Å². The summed E-state index contributed by atoms with van der Waals surface area (Å²) in [6.45, 7) is 0. The highest BCUT2D eigenvalue weighted by Gasteiger charge is 2.13. The molecule has 2 rings (SSSR count). The van der Waals surface area contributed by atoms with Crippen molar-refractivity contribution in [2.75, 3.05) is 7.05 Å². The standard InChI is InChI=1S/C15H11N5O3/c1-19(18-17-13-6-2-11(10-16)3-7-13)15(21)12-4-8-14(9-5-12)20(22)23/h2-9H,1H3. The Labute approximate surface area is 131 Å². The molecule has 2 aromatic rings. The van der Waals surface area contributed by atoms with Crippen LogP contribution in [0.3, 0.4) is 0 Å². The monoisotopic (exact) mass is 309 g/mol. The Morgan fingerprint density at radius 1 is 1.17 bits per heavy atom. The van der Waals surface area contributed by atoms with Gasteiger partial charge in [-0.2, -0.15) is 5.26 Å². The second-order valence-corrected chi connectivity index (χ2v) is 4.48. The summed E-state index contributed by atoms with van der Waals surface area (Å²) in [4.78, 5) is 22.1. The first-order valence-corrected chi connectivity index (χ1v) is 6.45. The van der Waals surface area contributed by atoms with Gasteiger partial charge in [-0.3, -0.25) is 14.9 Å². The van der Waals surface area contributed by atoms with Gasteiger partial charge < -0.3 is 0 Å².